The Kier molecular flexibility index (Phi) is 5.46. The molecule has 0 fully saturated rings. The molecule has 0 aromatic heterocycles. The van der Waals surface area contributed by atoms with E-state index in [0.29, 0.717) is 6.42 Å². The van der Waals surface area contributed by atoms with Crippen LogP contribution in [0, 0.1) is 16.2 Å². The van der Waals surface area contributed by atoms with E-state index in [4.69, 9.17) is 0 Å². The summed E-state index contributed by atoms with van der Waals surface area (Å²) in [7, 11) is 0. The molecular weight excluding hydrogens is 222 g/mol. The first-order valence-electron chi connectivity index (χ1n) is 6.97. The van der Waals surface area contributed by atoms with E-state index in [-0.39, 0.29) is 22.2 Å². The predicted octanol–water partition coefficient (Wildman–Crippen LogP) is 4.34. The van der Waals surface area contributed by atoms with Crippen molar-refractivity contribution in [3.05, 3.63) is 0 Å². The minimum atomic E-state index is 0.0606. The van der Waals surface area contributed by atoms with Gasteiger partial charge < -0.3 is 4.90 Å². The molecule has 0 saturated carbocycles. The highest BCUT2D eigenvalue weighted by molar-refractivity contribution is 5.76. The molecule has 2 nitrogen and oxygen atoms in total. The summed E-state index contributed by atoms with van der Waals surface area (Å²) in [6.45, 7) is 21.2. The van der Waals surface area contributed by atoms with Crippen LogP contribution in [-0.2, 0) is 4.79 Å². The van der Waals surface area contributed by atoms with Gasteiger partial charge >= 0.3 is 0 Å². The molecule has 0 atom stereocenters. The maximum atomic E-state index is 12.4. The topological polar surface area (TPSA) is 20.3 Å². The molecule has 0 aliphatic heterocycles. The van der Waals surface area contributed by atoms with E-state index in [1.54, 1.807) is 0 Å². The van der Waals surface area contributed by atoms with Crippen molar-refractivity contribution in [3.8, 4) is 0 Å². The minimum absolute atomic E-state index is 0.0606. The summed E-state index contributed by atoms with van der Waals surface area (Å²) in [6.07, 6.45) is 0.624. The molecule has 0 radical (unpaired) electrons. The first-order valence-corrected chi connectivity index (χ1v) is 6.97. The van der Waals surface area contributed by atoms with Gasteiger partial charge in [-0.25, -0.2) is 0 Å². The molecule has 0 rings (SSSR count). The Hall–Kier alpha value is -0.530. The van der Waals surface area contributed by atoms with Crippen LogP contribution in [0.15, 0.2) is 0 Å². The molecule has 108 valence electrons. The molecule has 18 heavy (non-hydrogen) atoms. The second-order valence-corrected chi connectivity index (χ2v) is 9.11. The molecule has 0 saturated heterocycles. The molecule has 0 N–H and O–H groups in total. The number of carbonyl (C=O) groups is 1. The third-order valence-corrected chi connectivity index (χ3v) is 2.36. The van der Waals surface area contributed by atoms with Crippen LogP contribution in [0.4, 0.5) is 0 Å². The van der Waals surface area contributed by atoms with Gasteiger partial charge in [0.15, 0.2) is 0 Å². The van der Waals surface area contributed by atoms with Crippen molar-refractivity contribution < 1.29 is 4.79 Å². The lowest BCUT2D eigenvalue weighted by Crippen LogP contribution is -2.43. The number of hydrogen-bond donors (Lipinski definition) is 0. The third kappa shape index (κ3) is 9.49. The summed E-state index contributed by atoms with van der Waals surface area (Å²) < 4.78 is 0. The van der Waals surface area contributed by atoms with Crippen molar-refractivity contribution in [1.29, 1.82) is 0 Å². The molecule has 0 bridgehead atoms. The van der Waals surface area contributed by atoms with Gasteiger partial charge in [-0.1, -0.05) is 62.3 Å². The number of amides is 1. The van der Waals surface area contributed by atoms with Gasteiger partial charge in [0.05, 0.1) is 0 Å². The average Bonchev–Trinajstić information content (AvgIpc) is 1.93. The van der Waals surface area contributed by atoms with Crippen LogP contribution >= 0.6 is 0 Å². The SMILES string of the molecule is CC(C)(C)CC(=O)N(CC(C)(C)C)CC(C)(C)C. The van der Waals surface area contributed by atoms with Crippen LogP contribution in [0.1, 0.15) is 68.7 Å². The maximum absolute atomic E-state index is 12.4. The van der Waals surface area contributed by atoms with E-state index in [0.717, 1.165) is 13.1 Å². The van der Waals surface area contributed by atoms with Crippen LogP contribution < -0.4 is 0 Å². The van der Waals surface area contributed by atoms with Crippen molar-refractivity contribution in [1.82, 2.24) is 4.90 Å². The standard InChI is InChI=1S/C16H33NO/c1-14(2,3)10-13(18)17(11-15(4,5)6)12-16(7,8)9/h10-12H2,1-9H3. The summed E-state index contributed by atoms with van der Waals surface area (Å²) >= 11 is 0. The van der Waals surface area contributed by atoms with Crippen molar-refractivity contribution in [2.45, 2.75) is 68.7 Å². The highest BCUT2D eigenvalue weighted by Gasteiger charge is 2.27. The van der Waals surface area contributed by atoms with Gasteiger partial charge in [-0.05, 0) is 16.2 Å². The zero-order valence-electron chi connectivity index (χ0n) is 14.0. The summed E-state index contributed by atoms with van der Waals surface area (Å²) in [6, 6.07) is 0. The molecule has 0 aliphatic rings. The lowest BCUT2D eigenvalue weighted by atomic mass is 9.88. The number of hydrogen-bond acceptors (Lipinski definition) is 1. The Labute approximate surface area is 114 Å². The van der Waals surface area contributed by atoms with Crippen LogP contribution in [0.25, 0.3) is 0 Å². The fourth-order valence-electron chi connectivity index (χ4n) is 1.94. The summed E-state index contributed by atoms with van der Waals surface area (Å²) in [5.41, 5.74) is 0.364. The molecule has 0 unspecified atom stereocenters. The van der Waals surface area contributed by atoms with Gasteiger partial charge in [0.2, 0.25) is 5.91 Å². The quantitative estimate of drug-likeness (QED) is 0.734. The Bertz CT molecular complexity index is 257. The van der Waals surface area contributed by atoms with Crippen molar-refractivity contribution >= 4 is 5.91 Å². The largest absolute Gasteiger partial charge is 0.342 e. The third-order valence-electron chi connectivity index (χ3n) is 2.36. The fraction of sp³-hybridized carbons (Fsp3) is 0.938. The summed E-state index contributed by atoms with van der Waals surface area (Å²) in [5, 5.41) is 0. The lowest BCUT2D eigenvalue weighted by Gasteiger charge is -2.36. The van der Waals surface area contributed by atoms with Gasteiger partial charge in [0.25, 0.3) is 0 Å². The van der Waals surface area contributed by atoms with E-state index >= 15 is 0 Å². The van der Waals surface area contributed by atoms with Crippen LogP contribution in [0.5, 0.6) is 0 Å². The molecule has 1 amide bonds. The average molecular weight is 255 g/mol. The predicted molar refractivity (Wildman–Crippen MR) is 79.6 cm³/mol. The molecule has 0 spiro atoms. The molecule has 0 heterocycles. The van der Waals surface area contributed by atoms with E-state index < -0.39 is 0 Å². The van der Waals surface area contributed by atoms with Gasteiger partial charge in [-0.2, -0.15) is 0 Å². The second-order valence-electron chi connectivity index (χ2n) is 9.11. The highest BCUT2D eigenvalue weighted by atomic mass is 16.2. The first-order chi connectivity index (χ1) is 7.70. The van der Waals surface area contributed by atoms with E-state index in [1.165, 1.54) is 0 Å². The Balaban J connectivity index is 4.82. The zero-order chi connectivity index (χ0) is 14.8. The smallest absolute Gasteiger partial charge is 0.223 e. The minimum Gasteiger partial charge on any atom is -0.342 e. The summed E-state index contributed by atoms with van der Waals surface area (Å²) in [5.74, 6) is 0.285. The first kappa shape index (κ1) is 17.5. The van der Waals surface area contributed by atoms with E-state index in [9.17, 15) is 4.79 Å². The fourth-order valence-corrected chi connectivity index (χ4v) is 1.94. The van der Waals surface area contributed by atoms with Crippen molar-refractivity contribution in [2.24, 2.45) is 16.2 Å². The van der Waals surface area contributed by atoms with Crippen molar-refractivity contribution in [2.75, 3.05) is 13.1 Å². The molecule has 0 aromatic rings. The van der Waals surface area contributed by atoms with Gasteiger partial charge in [0, 0.05) is 19.5 Å². The van der Waals surface area contributed by atoms with E-state index in [2.05, 4.69) is 62.3 Å². The Morgan fingerprint density at radius 1 is 0.722 bits per heavy atom. The van der Waals surface area contributed by atoms with Crippen molar-refractivity contribution in [3.63, 3.8) is 0 Å². The lowest BCUT2D eigenvalue weighted by molar-refractivity contribution is -0.135. The van der Waals surface area contributed by atoms with Gasteiger partial charge in [-0.3, -0.25) is 4.79 Å². The Morgan fingerprint density at radius 2 is 1.06 bits per heavy atom. The molecular formula is C16H33NO. The number of rotatable bonds is 3. The second kappa shape index (κ2) is 5.63. The van der Waals surface area contributed by atoms with Gasteiger partial charge in [0.1, 0.15) is 0 Å². The molecule has 2 heteroatoms. The van der Waals surface area contributed by atoms with Gasteiger partial charge in [-0.15, -0.1) is 0 Å². The highest BCUT2D eigenvalue weighted by Crippen LogP contribution is 2.25. The number of carbonyl (C=O) groups excluding carboxylic acids is 1. The zero-order valence-corrected chi connectivity index (χ0v) is 14.0. The molecule has 0 aromatic carbocycles. The normalized spacial score (nSPS) is 13.6. The van der Waals surface area contributed by atoms with Crippen LogP contribution in [0.3, 0.4) is 0 Å². The number of nitrogens with zero attached hydrogens (tertiary/aromatic N) is 1. The summed E-state index contributed by atoms with van der Waals surface area (Å²) in [4.78, 5) is 14.5. The van der Waals surface area contributed by atoms with E-state index in [1.807, 2.05) is 4.90 Å². The van der Waals surface area contributed by atoms with Crippen LogP contribution in [0.2, 0.25) is 0 Å². The van der Waals surface area contributed by atoms with Crippen LogP contribution in [-0.4, -0.2) is 23.9 Å². The maximum Gasteiger partial charge on any atom is 0.223 e. The monoisotopic (exact) mass is 255 g/mol. The molecule has 0 aliphatic carbocycles. The Morgan fingerprint density at radius 3 is 1.28 bits per heavy atom.